The van der Waals surface area contributed by atoms with Crippen LogP contribution in [0.1, 0.15) is 49.1 Å². The molecule has 1 aliphatic carbocycles. The molecular formula is C28H32FNO2. The van der Waals surface area contributed by atoms with Gasteiger partial charge < -0.3 is 15.2 Å². The predicted molar refractivity (Wildman–Crippen MR) is 126 cm³/mol. The summed E-state index contributed by atoms with van der Waals surface area (Å²) in [5.74, 6) is 2.49. The summed E-state index contributed by atoms with van der Waals surface area (Å²) in [7, 11) is 0. The van der Waals surface area contributed by atoms with Gasteiger partial charge in [-0.3, -0.25) is 0 Å². The van der Waals surface area contributed by atoms with E-state index in [1.807, 2.05) is 18.2 Å². The first kappa shape index (κ1) is 22.3. The van der Waals surface area contributed by atoms with Crippen LogP contribution in [0, 0.1) is 11.7 Å². The van der Waals surface area contributed by atoms with E-state index in [0.29, 0.717) is 30.8 Å². The van der Waals surface area contributed by atoms with Crippen molar-refractivity contribution in [3.05, 3.63) is 95.8 Å². The van der Waals surface area contributed by atoms with Crippen molar-refractivity contribution in [2.75, 3.05) is 6.61 Å². The number of halogens is 1. The van der Waals surface area contributed by atoms with Crippen LogP contribution in [0.15, 0.2) is 78.9 Å². The molecule has 1 saturated carbocycles. The van der Waals surface area contributed by atoms with Crippen molar-refractivity contribution in [2.45, 2.75) is 50.7 Å². The van der Waals surface area contributed by atoms with Crippen molar-refractivity contribution in [1.29, 1.82) is 0 Å². The topological polar surface area (TPSA) is 44.5 Å². The second kappa shape index (κ2) is 11.1. The third kappa shape index (κ3) is 6.33. The zero-order valence-electron chi connectivity index (χ0n) is 18.5. The molecule has 3 nitrogen and oxygen atoms in total. The lowest BCUT2D eigenvalue weighted by atomic mass is 9.75. The quantitative estimate of drug-likeness (QED) is 0.420. The van der Waals surface area contributed by atoms with Crippen molar-refractivity contribution < 1.29 is 13.9 Å². The fraction of sp³-hybridized carbons (Fsp3) is 0.357. The molecule has 4 rings (SSSR count). The number of hydrogen-bond donors (Lipinski definition) is 1. The summed E-state index contributed by atoms with van der Waals surface area (Å²) in [5, 5.41) is 0. The molecule has 0 aliphatic heterocycles. The molecule has 3 aromatic carbocycles. The zero-order valence-corrected chi connectivity index (χ0v) is 18.5. The Bertz CT molecular complexity index is 935. The summed E-state index contributed by atoms with van der Waals surface area (Å²) >= 11 is 0. The van der Waals surface area contributed by atoms with Crippen LogP contribution in [0.25, 0.3) is 0 Å². The third-order valence-electron chi connectivity index (χ3n) is 6.51. The zero-order chi connectivity index (χ0) is 22.2. The first-order valence-electron chi connectivity index (χ1n) is 11.6. The van der Waals surface area contributed by atoms with Crippen molar-refractivity contribution >= 4 is 0 Å². The second-order valence-electron chi connectivity index (χ2n) is 8.71. The minimum atomic E-state index is -0.250. The van der Waals surface area contributed by atoms with Gasteiger partial charge in [0.2, 0.25) is 0 Å². The Labute approximate surface area is 190 Å². The summed E-state index contributed by atoms with van der Waals surface area (Å²) in [4.78, 5) is 0. The van der Waals surface area contributed by atoms with Crippen LogP contribution >= 0.6 is 0 Å². The van der Waals surface area contributed by atoms with Gasteiger partial charge in [-0.1, -0.05) is 42.5 Å². The molecule has 0 bridgehead atoms. The molecule has 168 valence electrons. The van der Waals surface area contributed by atoms with Crippen LogP contribution in [0.3, 0.4) is 0 Å². The van der Waals surface area contributed by atoms with Gasteiger partial charge in [0.05, 0.1) is 6.61 Å². The molecule has 0 amide bonds. The molecule has 1 fully saturated rings. The van der Waals surface area contributed by atoms with Gasteiger partial charge in [-0.15, -0.1) is 0 Å². The van der Waals surface area contributed by atoms with Crippen molar-refractivity contribution in [3.63, 3.8) is 0 Å². The minimum Gasteiger partial charge on any atom is -0.494 e. The maximum absolute atomic E-state index is 13.0. The highest BCUT2D eigenvalue weighted by molar-refractivity contribution is 5.30. The molecule has 1 atom stereocenters. The maximum atomic E-state index is 13.0. The molecular weight excluding hydrogens is 401 g/mol. The largest absolute Gasteiger partial charge is 0.494 e. The lowest BCUT2D eigenvalue weighted by Gasteiger charge is -2.32. The molecule has 0 aromatic heterocycles. The van der Waals surface area contributed by atoms with E-state index in [4.69, 9.17) is 15.2 Å². The van der Waals surface area contributed by atoms with Gasteiger partial charge in [-0.25, -0.2) is 4.39 Å². The number of benzene rings is 3. The predicted octanol–water partition coefficient (Wildman–Crippen LogP) is 6.47. The Morgan fingerprint density at radius 1 is 0.781 bits per heavy atom. The van der Waals surface area contributed by atoms with Crippen molar-refractivity contribution in [3.8, 4) is 11.5 Å². The highest BCUT2D eigenvalue weighted by atomic mass is 19.1. The van der Waals surface area contributed by atoms with E-state index in [1.54, 1.807) is 12.1 Å². The molecule has 1 aliphatic rings. The Morgan fingerprint density at radius 3 is 2.09 bits per heavy atom. The van der Waals surface area contributed by atoms with Crippen LogP contribution in [-0.2, 0) is 6.61 Å². The summed E-state index contributed by atoms with van der Waals surface area (Å²) in [6.45, 7) is 1.16. The molecule has 1 unspecified atom stereocenters. The van der Waals surface area contributed by atoms with Crippen molar-refractivity contribution in [1.82, 2.24) is 0 Å². The minimum absolute atomic E-state index is 0.144. The monoisotopic (exact) mass is 433 g/mol. The van der Waals surface area contributed by atoms with Gasteiger partial charge in [0, 0.05) is 6.04 Å². The lowest BCUT2D eigenvalue weighted by Crippen LogP contribution is -2.34. The van der Waals surface area contributed by atoms with Crippen molar-refractivity contribution in [2.24, 2.45) is 11.7 Å². The Hall–Kier alpha value is -2.85. The Kier molecular flexibility index (Phi) is 7.78. The molecule has 2 N–H and O–H groups in total. The van der Waals surface area contributed by atoms with Crippen LogP contribution < -0.4 is 15.2 Å². The molecule has 0 heterocycles. The first-order valence-corrected chi connectivity index (χ1v) is 11.6. The molecule has 3 aromatic rings. The summed E-state index contributed by atoms with van der Waals surface area (Å²) in [5.41, 5.74) is 9.03. The van der Waals surface area contributed by atoms with Gasteiger partial charge in [0.25, 0.3) is 0 Å². The summed E-state index contributed by atoms with van der Waals surface area (Å²) in [6, 6.07) is 25.1. The van der Waals surface area contributed by atoms with E-state index in [0.717, 1.165) is 25.0 Å². The fourth-order valence-corrected chi connectivity index (χ4v) is 4.54. The van der Waals surface area contributed by atoms with Crippen LogP contribution in [0.5, 0.6) is 11.5 Å². The van der Waals surface area contributed by atoms with Crippen LogP contribution in [-0.4, -0.2) is 12.6 Å². The van der Waals surface area contributed by atoms with Gasteiger partial charge in [-0.05, 0) is 91.5 Å². The maximum Gasteiger partial charge on any atom is 0.123 e. The first-order chi connectivity index (χ1) is 15.7. The number of ether oxygens (including phenoxy) is 2. The van der Waals surface area contributed by atoms with E-state index in [1.165, 1.54) is 36.1 Å². The van der Waals surface area contributed by atoms with E-state index in [2.05, 4.69) is 36.4 Å². The number of hydrogen-bond acceptors (Lipinski definition) is 3. The molecule has 0 saturated heterocycles. The van der Waals surface area contributed by atoms with E-state index >= 15 is 0 Å². The van der Waals surface area contributed by atoms with E-state index < -0.39 is 0 Å². The number of rotatable bonds is 9. The van der Waals surface area contributed by atoms with Gasteiger partial charge in [0.1, 0.15) is 23.9 Å². The summed E-state index contributed by atoms with van der Waals surface area (Å²) < 4.78 is 24.6. The molecule has 32 heavy (non-hydrogen) atoms. The van der Waals surface area contributed by atoms with Gasteiger partial charge >= 0.3 is 0 Å². The SMILES string of the molecule is NC(CCOc1ccc(F)cc1)C1CCC(c2ccc(OCc3ccccc3)cc2)CC1. The average molecular weight is 434 g/mol. The molecule has 0 spiro atoms. The van der Waals surface area contributed by atoms with E-state index in [9.17, 15) is 4.39 Å². The van der Waals surface area contributed by atoms with Crippen LogP contribution in [0.2, 0.25) is 0 Å². The standard InChI is InChI=1S/C28H32FNO2/c29-25-12-16-26(17-13-25)31-19-18-28(30)24-8-6-22(7-9-24)23-10-14-27(15-11-23)32-20-21-4-2-1-3-5-21/h1-5,10-17,22,24,28H,6-9,18-20,30H2. The van der Waals surface area contributed by atoms with E-state index in [-0.39, 0.29) is 11.9 Å². The Balaban J connectivity index is 1.18. The fourth-order valence-electron chi connectivity index (χ4n) is 4.54. The third-order valence-corrected chi connectivity index (χ3v) is 6.51. The summed E-state index contributed by atoms with van der Waals surface area (Å²) in [6.07, 6.45) is 5.45. The molecule has 4 heteroatoms. The Morgan fingerprint density at radius 2 is 1.41 bits per heavy atom. The highest BCUT2D eigenvalue weighted by Gasteiger charge is 2.26. The normalized spacial score (nSPS) is 19.3. The van der Waals surface area contributed by atoms with Gasteiger partial charge in [-0.2, -0.15) is 0 Å². The number of nitrogens with two attached hydrogens (primary N) is 1. The smallest absolute Gasteiger partial charge is 0.123 e. The second-order valence-corrected chi connectivity index (χ2v) is 8.71. The highest BCUT2D eigenvalue weighted by Crippen LogP contribution is 2.37. The molecule has 0 radical (unpaired) electrons. The lowest BCUT2D eigenvalue weighted by molar-refractivity contribution is 0.234. The average Bonchev–Trinajstić information content (AvgIpc) is 2.85. The van der Waals surface area contributed by atoms with Gasteiger partial charge in [0.15, 0.2) is 0 Å². The van der Waals surface area contributed by atoms with Crippen LogP contribution in [0.4, 0.5) is 4.39 Å².